The number of hydrogen-bond acceptors (Lipinski definition) is 5. The van der Waals surface area contributed by atoms with E-state index in [2.05, 4.69) is 28.9 Å². The minimum atomic E-state index is -0.285. The lowest BCUT2D eigenvalue weighted by atomic mass is 9.87. The highest BCUT2D eigenvalue weighted by molar-refractivity contribution is 6.30. The van der Waals surface area contributed by atoms with Gasteiger partial charge in [-0.2, -0.15) is 10.1 Å². The van der Waals surface area contributed by atoms with Gasteiger partial charge in [-0.3, -0.25) is 4.79 Å². The molecule has 0 bridgehead atoms. The van der Waals surface area contributed by atoms with Crippen LogP contribution >= 0.6 is 11.6 Å². The van der Waals surface area contributed by atoms with Gasteiger partial charge < -0.3 is 4.74 Å². The number of carbonyl (C=O) groups is 1. The Kier molecular flexibility index (Phi) is 4.62. The maximum atomic E-state index is 12.7. The summed E-state index contributed by atoms with van der Waals surface area (Å²) in [7, 11) is 0. The van der Waals surface area contributed by atoms with E-state index in [9.17, 15) is 4.79 Å². The zero-order valence-electron chi connectivity index (χ0n) is 16.5. The first kappa shape index (κ1) is 18.9. The van der Waals surface area contributed by atoms with E-state index in [4.69, 9.17) is 16.3 Å². The van der Waals surface area contributed by atoms with Crippen molar-refractivity contribution in [2.24, 2.45) is 5.41 Å². The van der Waals surface area contributed by atoms with Gasteiger partial charge in [0.2, 0.25) is 0 Å². The predicted molar refractivity (Wildman–Crippen MR) is 106 cm³/mol. The van der Waals surface area contributed by atoms with E-state index in [1.807, 2.05) is 32.0 Å². The largest absolute Gasteiger partial charge is 0.457 e. The van der Waals surface area contributed by atoms with Gasteiger partial charge in [-0.05, 0) is 55.5 Å². The van der Waals surface area contributed by atoms with Crippen molar-refractivity contribution in [1.82, 2.24) is 19.6 Å². The number of fused-ring (bicyclic) bond motifs is 2. The molecule has 0 spiro atoms. The Morgan fingerprint density at radius 1 is 1.36 bits per heavy atom. The van der Waals surface area contributed by atoms with Crippen LogP contribution in [0.15, 0.2) is 24.5 Å². The average molecular weight is 399 g/mol. The van der Waals surface area contributed by atoms with Gasteiger partial charge in [0, 0.05) is 28.2 Å². The molecule has 1 aliphatic carbocycles. The Bertz CT molecular complexity index is 1070. The van der Waals surface area contributed by atoms with Gasteiger partial charge in [0.1, 0.15) is 12.4 Å². The molecule has 0 saturated carbocycles. The summed E-state index contributed by atoms with van der Waals surface area (Å²) >= 11 is 6.17. The fourth-order valence-electron chi connectivity index (χ4n) is 4.13. The molecule has 146 valence electrons. The van der Waals surface area contributed by atoms with E-state index < -0.39 is 0 Å². The standard InChI is InChI=1S/C21H23ClN4O2/c1-12-16(13(2)26-20(25-12)23-11-24-26)7-8-18(27)28-19-17-9-15(22)6-5-14(17)10-21(19,3)4/h5-6,9,11,19H,7-8,10H2,1-4H3. The van der Waals surface area contributed by atoms with Crippen molar-refractivity contribution in [3.63, 3.8) is 0 Å². The molecule has 1 aliphatic rings. The van der Waals surface area contributed by atoms with E-state index in [0.717, 1.165) is 28.9 Å². The fourth-order valence-corrected chi connectivity index (χ4v) is 4.31. The maximum Gasteiger partial charge on any atom is 0.306 e. The first-order valence-electron chi connectivity index (χ1n) is 9.40. The summed E-state index contributed by atoms with van der Waals surface area (Å²) in [5.41, 5.74) is 4.87. The molecule has 0 fully saturated rings. The molecular formula is C21H23ClN4O2. The van der Waals surface area contributed by atoms with Crippen LogP contribution in [0, 0.1) is 19.3 Å². The third-order valence-electron chi connectivity index (χ3n) is 5.56. The Morgan fingerprint density at radius 3 is 2.93 bits per heavy atom. The zero-order chi connectivity index (χ0) is 20.1. The molecule has 1 atom stereocenters. The lowest BCUT2D eigenvalue weighted by molar-refractivity contribution is -0.154. The lowest BCUT2D eigenvalue weighted by Crippen LogP contribution is -2.23. The summed E-state index contributed by atoms with van der Waals surface area (Å²) in [5.74, 6) is 0.353. The number of aromatic nitrogens is 4. The number of hydrogen-bond donors (Lipinski definition) is 0. The van der Waals surface area contributed by atoms with Crippen LogP contribution in [-0.4, -0.2) is 25.6 Å². The highest BCUT2D eigenvalue weighted by Gasteiger charge is 2.41. The van der Waals surface area contributed by atoms with E-state index in [-0.39, 0.29) is 23.9 Å². The number of ether oxygens (including phenoxy) is 1. The highest BCUT2D eigenvalue weighted by atomic mass is 35.5. The van der Waals surface area contributed by atoms with Crippen LogP contribution in [0.3, 0.4) is 0 Å². The molecular weight excluding hydrogens is 376 g/mol. The van der Waals surface area contributed by atoms with Gasteiger partial charge in [-0.15, -0.1) is 0 Å². The molecule has 7 heteroatoms. The summed E-state index contributed by atoms with van der Waals surface area (Å²) < 4.78 is 7.63. The van der Waals surface area contributed by atoms with Gasteiger partial charge in [0.15, 0.2) is 0 Å². The van der Waals surface area contributed by atoms with Crippen LogP contribution in [0.1, 0.15) is 54.5 Å². The number of halogens is 1. The quantitative estimate of drug-likeness (QED) is 0.616. The van der Waals surface area contributed by atoms with Gasteiger partial charge >= 0.3 is 5.97 Å². The SMILES string of the molecule is Cc1nc2ncnn2c(C)c1CCC(=O)OC1c2cc(Cl)ccc2CC1(C)C. The maximum absolute atomic E-state index is 12.7. The van der Waals surface area contributed by atoms with Crippen molar-refractivity contribution < 1.29 is 9.53 Å². The van der Waals surface area contributed by atoms with Crippen LogP contribution in [0.5, 0.6) is 0 Å². The Hall–Kier alpha value is -2.47. The first-order chi connectivity index (χ1) is 13.3. The Morgan fingerprint density at radius 2 is 2.14 bits per heavy atom. The Balaban J connectivity index is 1.51. The summed E-state index contributed by atoms with van der Waals surface area (Å²) in [5, 5.41) is 4.86. The van der Waals surface area contributed by atoms with Crippen molar-refractivity contribution in [3.8, 4) is 0 Å². The zero-order valence-corrected chi connectivity index (χ0v) is 17.2. The number of aryl methyl sites for hydroxylation is 2. The highest BCUT2D eigenvalue weighted by Crippen LogP contribution is 2.48. The monoisotopic (exact) mass is 398 g/mol. The van der Waals surface area contributed by atoms with Crippen LogP contribution < -0.4 is 0 Å². The molecule has 4 rings (SSSR count). The number of benzene rings is 1. The van der Waals surface area contributed by atoms with Crippen LogP contribution in [-0.2, 0) is 22.4 Å². The molecule has 2 heterocycles. The van der Waals surface area contributed by atoms with Gasteiger partial charge in [0.05, 0.1) is 0 Å². The van der Waals surface area contributed by atoms with Gasteiger partial charge in [-0.25, -0.2) is 9.50 Å². The van der Waals surface area contributed by atoms with Gasteiger partial charge in [-0.1, -0.05) is 31.5 Å². The summed E-state index contributed by atoms with van der Waals surface area (Å²) in [6.07, 6.45) is 2.90. The van der Waals surface area contributed by atoms with Gasteiger partial charge in [0.25, 0.3) is 5.78 Å². The molecule has 2 aromatic heterocycles. The number of carbonyl (C=O) groups excluding carboxylic acids is 1. The summed E-state index contributed by atoms with van der Waals surface area (Å²) in [4.78, 5) is 21.3. The predicted octanol–water partition coefficient (Wildman–Crippen LogP) is 4.19. The molecule has 28 heavy (non-hydrogen) atoms. The topological polar surface area (TPSA) is 69.4 Å². The number of esters is 1. The third-order valence-corrected chi connectivity index (χ3v) is 5.80. The first-order valence-corrected chi connectivity index (χ1v) is 9.77. The van der Waals surface area contributed by atoms with Crippen LogP contribution in [0.25, 0.3) is 5.78 Å². The Labute approximate surface area is 168 Å². The van der Waals surface area contributed by atoms with Crippen LogP contribution in [0.2, 0.25) is 5.02 Å². The van der Waals surface area contributed by atoms with Crippen molar-refractivity contribution in [2.75, 3.05) is 0 Å². The third kappa shape index (κ3) is 3.26. The number of nitrogens with zero attached hydrogens (tertiary/aromatic N) is 4. The second-order valence-corrected chi connectivity index (χ2v) is 8.55. The fraction of sp³-hybridized carbons (Fsp3) is 0.429. The van der Waals surface area contributed by atoms with Crippen molar-refractivity contribution in [3.05, 3.63) is 57.6 Å². The molecule has 0 N–H and O–H groups in total. The van der Waals surface area contributed by atoms with Crippen molar-refractivity contribution in [1.29, 1.82) is 0 Å². The van der Waals surface area contributed by atoms with Crippen molar-refractivity contribution >= 4 is 23.3 Å². The normalized spacial score (nSPS) is 17.7. The molecule has 0 aliphatic heterocycles. The van der Waals surface area contributed by atoms with E-state index >= 15 is 0 Å². The number of rotatable bonds is 4. The van der Waals surface area contributed by atoms with Crippen LogP contribution in [0.4, 0.5) is 0 Å². The van der Waals surface area contributed by atoms with E-state index in [0.29, 0.717) is 17.2 Å². The van der Waals surface area contributed by atoms with E-state index in [1.165, 1.54) is 11.9 Å². The molecule has 0 amide bonds. The minimum absolute atomic E-state index is 0.157. The summed E-state index contributed by atoms with van der Waals surface area (Å²) in [6.45, 7) is 8.14. The smallest absolute Gasteiger partial charge is 0.306 e. The average Bonchev–Trinajstić information content (AvgIpc) is 3.17. The molecule has 0 saturated heterocycles. The second kappa shape index (κ2) is 6.85. The summed E-state index contributed by atoms with van der Waals surface area (Å²) in [6, 6.07) is 5.83. The molecule has 3 aromatic rings. The minimum Gasteiger partial charge on any atom is -0.457 e. The lowest BCUT2D eigenvalue weighted by Gasteiger charge is -2.27. The molecule has 0 radical (unpaired) electrons. The molecule has 6 nitrogen and oxygen atoms in total. The van der Waals surface area contributed by atoms with Crippen molar-refractivity contribution in [2.45, 2.75) is 53.1 Å². The molecule has 1 aromatic carbocycles. The molecule has 1 unspecified atom stereocenters. The second-order valence-electron chi connectivity index (χ2n) is 8.11. The van der Waals surface area contributed by atoms with E-state index in [1.54, 1.807) is 4.52 Å².